The second-order valence-corrected chi connectivity index (χ2v) is 4.59. The van der Waals surface area contributed by atoms with Crippen molar-refractivity contribution in [3.63, 3.8) is 0 Å². The van der Waals surface area contributed by atoms with Crippen LogP contribution < -0.4 is 0 Å². The van der Waals surface area contributed by atoms with E-state index in [0.29, 0.717) is 12.3 Å². The Kier molecular flexibility index (Phi) is 4.82. The minimum Gasteiger partial charge on any atom is -0.461 e. The van der Waals surface area contributed by atoms with Gasteiger partial charge in [-0.2, -0.15) is 8.78 Å². The van der Waals surface area contributed by atoms with Gasteiger partial charge in [-0.25, -0.2) is 4.79 Å². The van der Waals surface area contributed by atoms with Crippen LogP contribution in [0.2, 0.25) is 0 Å². The second-order valence-electron chi connectivity index (χ2n) is 4.59. The Morgan fingerprint density at radius 1 is 1.39 bits per heavy atom. The SMILES string of the molecule is CCOC(=O)C(F)(F)c1cccc(CC(C)C)c1. The Bertz CT molecular complexity index is 414. The lowest BCUT2D eigenvalue weighted by Crippen LogP contribution is -2.28. The molecule has 4 heteroatoms. The summed E-state index contributed by atoms with van der Waals surface area (Å²) in [7, 11) is 0. The van der Waals surface area contributed by atoms with Crippen molar-refractivity contribution >= 4 is 5.97 Å². The van der Waals surface area contributed by atoms with Gasteiger partial charge in [-0.05, 0) is 30.9 Å². The van der Waals surface area contributed by atoms with Crippen LogP contribution in [0.25, 0.3) is 0 Å². The van der Waals surface area contributed by atoms with Crippen LogP contribution in [0.4, 0.5) is 8.78 Å². The quantitative estimate of drug-likeness (QED) is 0.753. The van der Waals surface area contributed by atoms with Crippen LogP contribution in [0.1, 0.15) is 31.9 Å². The molecule has 0 bridgehead atoms. The van der Waals surface area contributed by atoms with Crippen molar-refractivity contribution in [2.45, 2.75) is 33.1 Å². The van der Waals surface area contributed by atoms with Crippen LogP contribution in [0.5, 0.6) is 0 Å². The number of rotatable bonds is 5. The van der Waals surface area contributed by atoms with Gasteiger partial charge in [-0.15, -0.1) is 0 Å². The number of carbonyl (C=O) groups is 1. The van der Waals surface area contributed by atoms with Gasteiger partial charge < -0.3 is 4.74 Å². The average Bonchev–Trinajstić information content (AvgIpc) is 2.28. The molecule has 0 heterocycles. The molecular formula is C14H18F2O2. The molecule has 1 rings (SSSR count). The fraction of sp³-hybridized carbons (Fsp3) is 0.500. The van der Waals surface area contributed by atoms with E-state index < -0.39 is 11.9 Å². The van der Waals surface area contributed by atoms with Crippen molar-refractivity contribution in [2.75, 3.05) is 6.61 Å². The molecule has 0 radical (unpaired) electrons. The molecule has 0 saturated carbocycles. The summed E-state index contributed by atoms with van der Waals surface area (Å²) in [4.78, 5) is 11.2. The first kappa shape index (κ1) is 14.6. The first-order chi connectivity index (χ1) is 8.37. The minimum absolute atomic E-state index is 0.0554. The molecule has 1 aromatic rings. The topological polar surface area (TPSA) is 26.3 Å². The van der Waals surface area contributed by atoms with E-state index in [-0.39, 0.29) is 12.2 Å². The molecule has 0 aromatic heterocycles. The number of esters is 1. The van der Waals surface area contributed by atoms with Crippen LogP contribution >= 0.6 is 0 Å². The van der Waals surface area contributed by atoms with Crippen molar-refractivity contribution in [2.24, 2.45) is 5.92 Å². The maximum Gasteiger partial charge on any atom is 0.381 e. The molecule has 0 amide bonds. The highest BCUT2D eigenvalue weighted by Crippen LogP contribution is 2.30. The van der Waals surface area contributed by atoms with Gasteiger partial charge in [0.2, 0.25) is 0 Å². The average molecular weight is 256 g/mol. The highest BCUT2D eigenvalue weighted by molar-refractivity contribution is 5.79. The molecule has 0 fully saturated rings. The summed E-state index contributed by atoms with van der Waals surface area (Å²) >= 11 is 0. The third-order valence-corrected chi connectivity index (χ3v) is 2.47. The van der Waals surface area contributed by atoms with E-state index in [4.69, 9.17) is 0 Å². The molecule has 0 spiro atoms. The van der Waals surface area contributed by atoms with Crippen molar-refractivity contribution < 1.29 is 18.3 Å². The monoisotopic (exact) mass is 256 g/mol. The van der Waals surface area contributed by atoms with Crippen LogP contribution in [0.15, 0.2) is 24.3 Å². The van der Waals surface area contributed by atoms with E-state index in [2.05, 4.69) is 4.74 Å². The molecule has 0 aliphatic carbocycles. The molecule has 0 N–H and O–H groups in total. The van der Waals surface area contributed by atoms with Gasteiger partial charge in [0, 0.05) is 5.56 Å². The number of hydrogen-bond acceptors (Lipinski definition) is 2. The Morgan fingerprint density at radius 2 is 2.06 bits per heavy atom. The molecule has 1 aromatic carbocycles. The summed E-state index contributed by atoms with van der Waals surface area (Å²) in [5.41, 5.74) is 0.491. The number of alkyl halides is 2. The maximum absolute atomic E-state index is 13.8. The fourth-order valence-electron chi connectivity index (χ4n) is 1.70. The van der Waals surface area contributed by atoms with E-state index in [1.165, 1.54) is 19.1 Å². The largest absolute Gasteiger partial charge is 0.461 e. The lowest BCUT2D eigenvalue weighted by atomic mass is 9.99. The van der Waals surface area contributed by atoms with Gasteiger partial charge in [0.1, 0.15) is 0 Å². The summed E-state index contributed by atoms with van der Waals surface area (Å²) in [6, 6.07) is 5.95. The number of halogens is 2. The third-order valence-electron chi connectivity index (χ3n) is 2.47. The standard InChI is InChI=1S/C14H18F2O2/c1-4-18-13(17)14(15,16)12-7-5-6-11(9-12)8-10(2)3/h5-7,9-10H,4,8H2,1-3H3. The van der Waals surface area contributed by atoms with Crippen molar-refractivity contribution in [1.82, 2.24) is 0 Å². The Morgan fingerprint density at radius 3 is 2.61 bits per heavy atom. The van der Waals surface area contributed by atoms with Gasteiger partial charge >= 0.3 is 11.9 Å². The van der Waals surface area contributed by atoms with Crippen LogP contribution in [0.3, 0.4) is 0 Å². The molecule has 100 valence electrons. The predicted molar refractivity (Wildman–Crippen MR) is 65.5 cm³/mol. The molecular weight excluding hydrogens is 238 g/mol. The molecule has 0 aliphatic heterocycles. The summed E-state index contributed by atoms with van der Waals surface area (Å²) in [5, 5.41) is 0. The van der Waals surface area contributed by atoms with Crippen molar-refractivity contribution in [3.8, 4) is 0 Å². The van der Waals surface area contributed by atoms with E-state index in [1.807, 2.05) is 13.8 Å². The van der Waals surface area contributed by atoms with E-state index in [9.17, 15) is 13.6 Å². The molecule has 18 heavy (non-hydrogen) atoms. The summed E-state index contributed by atoms with van der Waals surface area (Å²) in [6.45, 7) is 5.47. The van der Waals surface area contributed by atoms with Gasteiger partial charge in [0.05, 0.1) is 6.61 Å². The zero-order chi connectivity index (χ0) is 13.8. The number of ether oxygens (including phenoxy) is 1. The van der Waals surface area contributed by atoms with Gasteiger partial charge in [-0.1, -0.05) is 32.0 Å². The lowest BCUT2D eigenvalue weighted by molar-refractivity contribution is -0.173. The fourth-order valence-corrected chi connectivity index (χ4v) is 1.70. The summed E-state index contributed by atoms with van der Waals surface area (Å²) in [6.07, 6.45) is 0.701. The Hall–Kier alpha value is -1.45. The predicted octanol–water partition coefficient (Wildman–Crippen LogP) is 3.54. The first-order valence-electron chi connectivity index (χ1n) is 6.02. The van der Waals surface area contributed by atoms with Gasteiger partial charge in [0.25, 0.3) is 0 Å². The van der Waals surface area contributed by atoms with Gasteiger partial charge in [-0.3, -0.25) is 0 Å². The highest BCUT2D eigenvalue weighted by Gasteiger charge is 2.42. The number of carbonyl (C=O) groups excluding carboxylic acids is 1. The van der Waals surface area contributed by atoms with Crippen LogP contribution in [-0.4, -0.2) is 12.6 Å². The van der Waals surface area contributed by atoms with E-state index in [0.717, 1.165) is 5.56 Å². The zero-order valence-electron chi connectivity index (χ0n) is 10.9. The molecule has 0 aliphatic rings. The molecule has 2 nitrogen and oxygen atoms in total. The third kappa shape index (κ3) is 3.52. The Balaban J connectivity index is 2.97. The number of hydrogen-bond donors (Lipinski definition) is 0. The van der Waals surface area contributed by atoms with Gasteiger partial charge in [0.15, 0.2) is 0 Å². The maximum atomic E-state index is 13.8. The summed E-state index contributed by atoms with van der Waals surface area (Å²) in [5.74, 6) is -4.70. The van der Waals surface area contributed by atoms with Crippen molar-refractivity contribution in [3.05, 3.63) is 35.4 Å². The highest BCUT2D eigenvalue weighted by atomic mass is 19.3. The van der Waals surface area contributed by atoms with Crippen molar-refractivity contribution in [1.29, 1.82) is 0 Å². The Labute approximate surface area is 106 Å². The summed E-state index contributed by atoms with van der Waals surface area (Å²) < 4.78 is 32.0. The molecule has 0 atom stereocenters. The van der Waals surface area contributed by atoms with E-state index >= 15 is 0 Å². The number of benzene rings is 1. The zero-order valence-corrected chi connectivity index (χ0v) is 10.9. The van der Waals surface area contributed by atoms with Crippen LogP contribution in [-0.2, 0) is 21.9 Å². The second kappa shape index (κ2) is 5.94. The smallest absolute Gasteiger partial charge is 0.381 e. The first-order valence-corrected chi connectivity index (χ1v) is 6.02. The normalized spacial score (nSPS) is 11.7. The molecule has 0 saturated heterocycles. The minimum atomic E-state index is -3.58. The lowest BCUT2D eigenvalue weighted by Gasteiger charge is -2.16. The van der Waals surface area contributed by atoms with Crippen LogP contribution in [0, 0.1) is 5.92 Å². The van der Waals surface area contributed by atoms with E-state index in [1.54, 1.807) is 12.1 Å². The molecule has 0 unspecified atom stereocenters.